The number of Topliss-reactive ketones (excluding diaryl/α,β-unsaturated/α-hetero) is 1. The molecule has 1 amide bonds. The number of benzene rings is 2. The molecule has 0 heterocycles. The molecule has 0 bridgehead atoms. The van der Waals surface area contributed by atoms with Gasteiger partial charge in [0.2, 0.25) is 5.91 Å². The molecule has 2 rings (SSSR count). The van der Waals surface area contributed by atoms with Crippen LogP contribution in [0.25, 0.3) is 0 Å². The first kappa shape index (κ1) is 16.8. The van der Waals surface area contributed by atoms with Crippen molar-refractivity contribution >= 4 is 45.1 Å². The van der Waals surface area contributed by atoms with E-state index in [1.54, 1.807) is 24.3 Å². The van der Waals surface area contributed by atoms with Gasteiger partial charge >= 0.3 is 0 Å². The van der Waals surface area contributed by atoms with Gasteiger partial charge in [0.25, 0.3) is 0 Å². The predicted molar refractivity (Wildman–Crippen MR) is 94.5 cm³/mol. The van der Waals surface area contributed by atoms with E-state index in [0.717, 1.165) is 9.37 Å². The van der Waals surface area contributed by atoms with Crippen molar-refractivity contribution in [3.8, 4) is 0 Å². The first-order valence-electron chi connectivity index (χ1n) is 6.80. The van der Waals surface area contributed by atoms with Crippen LogP contribution in [0.15, 0.2) is 57.9 Å². The van der Waals surface area contributed by atoms with Crippen LogP contribution in [0.5, 0.6) is 0 Å². The Labute approximate surface area is 142 Å². The fourth-order valence-corrected chi connectivity index (χ4v) is 3.27. The van der Waals surface area contributed by atoms with Gasteiger partial charge in [0, 0.05) is 20.6 Å². The van der Waals surface area contributed by atoms with Gasteiger partial charge in [-0.25, -0.2) is 0 Å². The number of hydrogen-bond donors (Lipinski definition) is 1. The van der Waals surface area contributed by atoms with Gasteiger partial charge in [-0.15, -0.1) is 11.8 Å². The molecule has 0 radical (unpaired) electrons. The summed E-state index contributed by atoms with van der Waals surface area (Å²) in [5, 5.41) is 2.63. The molecule has 2 aromatic rings. The maximum absolute atomic E-state index is 12.2. The van der Waals surface area contributed by atoms with E-state index in [1.807, 2.05) is 31.2 Å². The van der Waals surface area contributed by atoms with Crippen LogP contribution >= 0.6 is 27.7 Å². The van der Waals surface area contributed by atoms with E-state index in [9.17, 15) is 9.59 Å². The van der Waals surface area contributed by atoms with Gasteiger partial charge in [0.1, 0.15) is 0 Å². The first-order valence-corrected chi connectivity index (χ1v) is 8.47. The number of rotatable bonds is 5. The van der Waals surface area contributed by atoms with Crippen LogP contribution < -0.4 is 5.32 Å². The standard InChI is InChI=1S/C17H16BrNO2S/c1-11(20)13-7-9-14(10-8-13)19-17(21)12(2)22-16-6-4-3-5-15(16)18/h3-10,12H,1-2H3,(H,19,21). The molecular formula is C17H16BrNO2S. The number of carbonyl (C=O) groups is 2. The average molecular weight is 378 g/mol. The lowest BCUT2D eigenvalue weighted by Gasteiger charge is -2.13. The molecule has 5 heteroatoms. The summed E-state index contributed by atoms with van der Waals surface area (Å²) in [5.41, 5.74) is 1.32. The Hall–Kier alpha value is -1.59. The quantitative estimate of drug-likeness (QED) is 0.602. The molecule has 0 aromatic heterocycles. The summed E-state index contributed by atoms with van der Waals surface area (Å²) < 4.78 is 0.977. The highest BCUT2D eigenvalue weighted by Gasteiger charge is 2.15. The van der Waals surface area contributed by atoms with E-state index in [4.69, 9.17) is 0 Å². The Morgan fingerprint density at radius 3 is 2.32 bits per heavy atom. The minimum Gasteiger partial charge on any atom is -0.325 e. The van der Waals surface area contributed by atoms with E-state index in [-0.39, 0.29) is 16.9 Å². The van der Waals surface area contributed by atoms with Crippen LogP contribution in [0.4, 0.5) is 5.69 Å². The number of halogens is 1. The second-order valence-electron chi connectivity index (χ2n) is 4.81. The highest BCUT2D eigenvalue weighted by atomic mass is 79.9. The molecule has 114 valence electrons. The average Bonchev–Trinajstić information content (AvgIpc) is 2.50. The second kappa shape index (κ2) is 7.61. The molecule has 0 saturated carbocycles. The molecule has 0 aliphatic heterocycles. The first-order chi connectivity index (χ1) is 10.5. The van der Waals surface area contributed by atoms with Crippen LogP contribution in [-0.2, 0) is 4.79 Å². The van der Waals surface area contributed by atoms with Crippen molar-refractivity contribution in [3.63, 3.8) is 0 Å². The Kier molecular flexibility index (Phi) is 5.80. The summed E-state index contributed by atoms with van der Waals surface area (Å²) in [7, 11) is 0. The third-order valence-corrected chi connectivity index (χ3v) is 5.20. The maximum atomic E-state index is 12.2. The normalized spacial score (nSPS) is 11.8. The summed E-state index contributed by atoms with van der Waals surface area (Å²) in [6, 6.07) is 14.7. The lowest BCUT2D eigenvalue weighted by molar-refractivity contribution is -0.115. The Morgan fingerprint density at radius 1 is 1.09 bits per heavy atom. The molecule has 22 heavy (non-hydrogen) atoms. The van der Waals surface area contributed by atoms with Gasteiger partial charge in [0.15, 0.2) is 5.78 Å². The van der Waals surface area contributed by atoms with Gasteiger partial charge in [-0.05, 0) is 66.2 Å². The van der Waals surface area contributed by atoms with Gasteiger partial charge in [0.05, 0.1) is 5.25 Å². The highest BCUT2D eigenvalue weighted by Crippen LogP contribution is 2.30. The van der Waals surface area contributed by atoms with E-state index >= 15 is 0 Å². The molecular weight excluding hydrogens is 362 g/mol. The van der Waals surface area contributed by atoms with Crippen molar-refractivity contribution < 1.29 is 9.59 Å². The molecule has 0 spiro atoms. The van der Waals surface area contributed by atoms with Crippen molar-refractivity contribution in [3.05, 3.63) is 58.6 Å². The van der Waals surface area contributed by atoms with Crippen LogP contribution in [0.2, 0.25) is 0 Å². The SMILES string of the molecule is CC(=O)c1ccc(NC(=O)C(C)Sc2ccccc2Br)cc1. The maximum Gasteiger partial charge on any atom is 0.237 e. The minimum absolute atomic E-state index is 0.00993. The minimum atomic E-state index is -0.230. The Morgan fingerprint density at radius 2 is 1.73 bits per heavy atom. The molecule has 0 aliphatic rings. The summed E-state index contributed by atoms with van der Waals surface area (Å²) in [6.07, 6.45) is 0. The fraction of sp³-hybridized carbons (Fsp3) is 0.176. The summed E-state index contributed by atoms with van der Waals surface area (Å²) >= 11 is 4.97. The number of anilines is 1. The van der Waals surface area contributed by atoms with E-state index in [2.05, 4.69) is 21.2 Å². The van der Waals surface area contributed by atoms with Crippen molar-refractivity contribution in [2.45, 2.75) is 24.0 Å². The molecule has 1 atom stereocenters. The smallest absolute Gasteiger partial charge is 0.237 e. The Balaban J connectivity index is 1.99. The van der Waals surface area contributed by atoms with Crippen LogP contribution in [0.1, 0.15) is 24.2 Å². The van der Waals surface area contributed by atoms with Crippen molar-refractivity contribution in [1.29, 1.82) is 0 Å². The fourth-order valence-electron chi connectivity index (χ4n) is 1.82. The van der Waals surface area contributed by atoms with E-state index in [0.29, 0.717) is 11.3 Å². The third kappa shape index (κ3) is 4.45. The van der Waals surface area contributed by atoms with Gasteiger partial charge in [-0.1, -0.05) is 12.1 Å². The monoisotopic (exact) mass is 377 g/mol. The van der Waals surface area contributed by atoms with Crippen LogP contribution in [0, 0.1) is 0 Å². The van der Waals surface area contributed by atoms with Crippen LogP contribution in [-0.4, -0.2) is 16.9 Å². The lowest BCUT2D eigenvalue weighted by atomic mass is 10.1. The third-order valence-electron chi connectivity index (χ3n) is 3.07. The summed E-state index contributed by atoms with van der Waals surface area (Å²) in [6.45, 7) is 3.38. The van der Waals surface area contributed by atoms with Crippen molar-refractivity contribution in [1.82, 2.24) is 0 Å². The van der Waals surface area contributed by atoms with Gasteiger partial charge in [-0.3, -0.25) is 9.59 Å². The molecule has 2 aromatic carbocycles. The van der Waals surface area contributed by atoms with Gasteiger partial charge < -0.3 is 5.32 Å². The molecule has 0 aliphatic carbocycles. The number of ketones is 1. The molecule has 1 unspecified atom stereocenters. The van der Waals surface area contributed by atoms with Crippen molar-refractivity contribution in [2.24, 2.45) is 0 Å². The zero-order valence-corrected chi connectivity index (χ0v) is 14.7. The Bertz CT molecular complexity index is 685. The molecule has 3 nitrogen and oxygen atoms in total. The highest BCUT2D eigenvalue weighted by molar-refractivity contribution is 9.10. The number of amides is 1. The predicted octanol–water partition coefficient (Wildman–Crippen LogP) is 4.77. The van der Waals surface area contributed by atoms with Crippen molar-refractivity contribution in [2.75, 3.05) is 5.32 Å². The zero-order valence-electron chi connectivity index (χ0n) is 12.3. The van der Waals surface area contributed by atoms with Crippen LogP contribution in [0.3, 0.4) is 0 Å². The molecule has 1 N–H and O–H groups in total. The largest absolute Gasteiger partial charge is 0.325 e. The number of thioether (sulfide) groups is 1. The summed E-state index contributed by atoms with van der Waals surface area (Å²) in [5.74, 6) is -0.0629. The molecule has 0 saturated heterocycles. The summed E-state index contributed by atoms with van der Waals surface area (Å²) in [4.78, 5) is 24.5. The number of hydrogen-bond acceptors (Lipinski definition) is 3. The molecule has 0 fully saturated rings. The van der Waals surface area contributed by atoms with E-state index in [1.165, 1.54) is 18.7 Å². The second-order valence-corrected chi connectivity index (χ2v) is 7.05. The lowest BCUT2D eigenvalue weighted by Crippen LogP contribution is -2.22. The van der Waals surface area contributed by atoms with E-state index < -0.39 is 0 Å². The number of carbonyl (C=O) groups excluding carboxylic acids is 2. The number of nitrogens with one attached hydrogen (secondary N) is 1. The zero-order chi connectivity index (χ0) is 16.1. The van der Waals surface area contributed by atoms with Gasteiger partial charge in [-0.2, -0.15) is 0 Å². The topological polar surface area (TPSA) is 46.2 Å².